The van der Waals surface area contributed by atoms with Gasteiger partial charge in [-0.15, -0.1) is 0 Å². The van der Waals surface area contributed by atoms with E-state index in [0.717, 1.165) is 36.9 Å². The van der Waals surface area contributed by atoms with Gasteiger partial charge in [0.1, 0.15) is 5.75 Å². The van der Waals surface area contributed by atoms with Crippen LogP contribution in [0.15, 0.2) is 18.2 Å². The van der Waals surface area contributed by atoms with Gasteiger partial charge in [-0.25, -0.2) is 0 Å². The molecule has 21 heavy (non-hydrogen) atoms. The molecule has 0 saturated heterocycles. The molecule has 1 aliphatic heterocycles. The van der Waals surface area contributed by atoms with Crippen LogP contribution in [0.3, 0.4) is 0 Å². The molecule has 0 radical (unpaired) electrons. The van der Waals surface area contributed by atoms with Crippen LogP contribution in [0.2, 0.25) is 0 Å². The van der Waals surface area contributed by atoms with Crippen LogP contribution in [0, 0.1) is 11.3 Å². The maximum atomic E-state index is 10.3. The van der Waals surface area contributed by atoms with Crippen molar-refractivity contribution < 1.29 is 9.84 Å². The van der Waals surface area contributed by atoms with Crippen molar-refractivity contribution >= 4 is 6.72 Å². The number of rotatable bonds is 4. The van der Waals surface area contributed by atoms with Gasteiger partial charge in [0, 0.05) is 19.1 Å². The van der Waals surface area contributed by atoms with Crippen LogP contribution in [-0.4, -0.2) is 35.9 Å². The number of nitrogens with zero attached hydrogens (tertiary/aromatic N) is 1. The second kappa shape index (κ2) is 7.05. The molecular weight excluding hydrogens is 264 g/mol. The fourth-order valence-corrected chi connectivity index (χ4v) is 2.61. The van der Waals surface area contributed by atoms with E-state index in [0.29, 0.717) is 6.04 Å². The van der Waals surface area contributed by atoms with Crippen molar-refractivity contribution in [1.29, 1.82) is 5.41 Å². The van der Waals surface area contributed by atoms with E-state index in [2.05, 4.69) is 31.5 Å². The molecule has 1 aliphatic carbocycles. The molecule has 0 aromatic heterocycles. The maximum absolute atomic E-state index is 10.3. The van der Waals surface area contributed by atoms with E-state index >= 15 is 0 Å². The van der Waals surface area contributed by atoms with E-state index in [4.69, 9.17) is 10.1 Å². The van der Waals surface area contributed by atoms with E-state index in [-0.39, 0.29) is 0 Å². The molecule has 0 spiro atoms. The highest BCUT2D eigenvalue weighted by Crippen LogP contribution is 2.33. The summed E-state index contributed by atoms with van der Waals surface area (Å²) in [6.45, 7) is 9.31. The quantitative estimate of drug-likeness (QED) is 0.838. The number of ether oxygens (including phenoxy) is 1. The van der Waals surface area contributed by atoms with Gasteiger partial charge in [-0.3, -0.25) is 4.90 Å². The highest BCUT2D eigenvalue weighted by molar-refractivity contribution is 5.38. The van der Waals surface area contributed by atoms with E-state index in [1.807, 2.05) is 12.1 Å². The van der Waals surface area contributed by atoms with E-state index in [1.54, 1.807) is 0 Å². The largest absolute Gasteiger partial charge is 0.493 e. The van der Waals surface area contributed by atoms with Gasteiger partial charge >= 0.3 is 0 Å². The first-order valence-corrected chi connectivity index (χ1v) is 7.66. The van der Waals surface area contributed by atoms with Crippen LogP contribution < -0.4 is 4.74 Å². The first-order valence-electron chi connectivity index (χ1n) is 7.66. The molecule has 1 aromatic rings. The van der Waals surface area contributed by atoms with E-state index < -0.39 is 6.10 Å². The number of benzene rings is 1. The summed E-state index contributed by atoms with van der Waals surface area (Å²) in [5.74, 6) is 1.67. The summed E-state index contributed by atoms with van der Waals surface area (Å²) >= 11 is 0. The molecule has 1 heterocycles. The third-order valence-corrected chi connectivity index (χ3v) is 4.17. The Hall–Kier alpha value is -1.39. The predicted octanol–water partition coefficient (Wildman–Crippen LogP) is 3.00. The maximum Gasteiger partial charge on any atom is 0.119 e. The number of fused-ring (bicyclic) bond motifs is 1. The molecule has 1 atom stereocenters. The predicted molar refractivity (Wildman–Crippen MR) is 85.0 cm³/mol. The topological polar surface area (TPSA) is 56.6 Å². The molecule has 4 nitrogen and oxygen atoms in total. The molecule has 1 fully saturated rings. The zero-order valence-electron chi connectivity index (χ0n) is 13.0. The third kappa shape index (κ3) is 4.05. The van der Waals surface area contributed by atoms with Crippen molar-refractivity contribution in [2.75, 3.05) is 13.2 Å². The third-order valence-electron chi connectivity index (χ3n) is 4.17. The average molecular weight is 290 g/mol. The summed E-state index contributed by atoms with van der Waals surface area (Å²) in [5.41, 5.74) is 2.27. The lowest BCUT2D eigenvalue weighted by molar-refractivity contribution is 0.0741. The van der Waals surface area contributed by atoms with Crippen molar-refractivity contribution in [3.8, 4) is 5.75 Å². The fraction of sp³-hybridized carbons (Fsp3) is 0.588. The molecule has 1 saturated carbocycles. The van der Waals surface area contributed by atoms with Gasteiger partial charge < -0.3 is 15.3 Å². The lowest BCUT2D eigenvalue weighted by atomic mass is 9.96. The molecule has 1 unspecified atom stereocenters. The molecule has 0 amide bonds. The van der Waals surface area contributed by atoms with Crippen LogP contribution in [0.5, 0.6) is 5.75 Å². The normalized spacial score (nSPS) is 21.4. The highest BCUT2D eigenvalue weighted by atomic mass is 16.5. The van der Waals surface area contributed by atoms with E-state index in [1.165, 1.54) is 18.4 Å². The Morgan fingerprint density at radius 3 is 2.71 bits per heavy atom. The average Bonchev–Trinajstić information content (AvgIpc) is 3.31. The summed E-state index contributed by atoms with van der Waals surface area (Å²) in [4.78, 5) is 2.30. The van der Waals surface area contributed by atoms with Gasteiger partial charge in [-0.05, 0) is 62.6 Å². The zero-order valence-corrected chi connectivity index (χ0v) is 13.0. The molecule has 3 rings (SSSR count). The lowest BCUT2D eigenvalue weighted by Crippen LogP contribution is -2.38. The van der Waals surface area contributed by atoms with Crippen LogP contribution in [-0.2, 0) is 6.54 Å². The van der Waals surface area contributed by atoms with Crippen LogP contribution in [0.1, 0.15) is 43.9 Å². The SMILES string of the molecule is C=N.CC(C)N1Cc2ccc(OCC3CC3)cc2C(O)C1. The van der Waals surface area contributed by atoms with Gasteiger partial charge in [0.15, 0.2) is 0 Å². The minimum Gasteiger partial charge on any atom is -0.493 e. The van der Waals surface area contributed by atoms with Crippen molar-refractivity contribution in [3.63, 3.8) is 0 Å². The Morgan fingerprint density at radius 2 is 2.10 bits per heavy atom. The Bertz CT molecular complexity index is 472. The first-order chi connectivity index (χ1) is 10.1. The minimum absolute atomic E-state index is 0.393. The van der Waals surface area contributed by atoms with Crippen LogP contribution >= 0.6 is 0 Å². The summed E-state index contributed by atoms with van der Waals surface area (Å²) < 4.78 is 5.79. The first kappa shape index (κ1) is 16.0. The number of aliphatic hydroxyl groups excluding tert-OH is 1. The highest BCUT2D eigenvalue weighted by Gasteiger charge is 2.26. The monoisotopic (exact) mass is 290 g/mol. The Balaban J connectivity index is 0.000000774. The van der Waals surface area contributed by atoms with Crippen molar-refractivity contribution in [3.05, 3.63) is 29.3 Å². The molecule has 4 heteroatoms. The Morgan fingerprint density at radius 1 is 1.38 bits per heavy atom. The number of hydrogen-bond acceptors (Lipinski definition) is 4. The van der Waals surface area contributed by atoms with Gasteiger partial charge in [0.05, 0.1) is 12.7 Å². The van der Waals surface area contributed by atoms with Crippen molar-refractivity contribution in [2.45, 2.75) is 45.4 Å². The molecule has 2 aliphatic rings. The second-order valence-electron chi connectivity index (χ2n) is 6.15. The molecule has 116 valence electrons. The number of hydrogen-bond donors (Lipinski definition) is 2. The molecule has 0 bridgehead atoms. The van der Waals surface area contributed by atoms with E-state index in [9.17, 15) is 5.11 Å². The summed E-state index contributed by atoms with van der Waals surface area (Å²) in [7, 11) is 0. The summed E-state index contributed by atoms with van der Waals surface area (Å²) in [6, 6.07) is 6.64. The van der Waals surface area contributed by atoms with Gasteiger partial charge in [0.25, 0.3) is 0 Å². The summed E-state index contributed by atoms with van der Waals surface area (Å²) in [6.07, 6.45) is 2.21. The Kier molecular flexibility index (Phi) is 5.37. The molecule has 2 N–H and O–H groups in total. The number of aliphatic hydroxyl groups is 1. The van der Waals surface area contributed by atoms with Gasteiger partial charge in [-0.1, -0.05) is 6.07 Å². The van der Waals surface area contributed by atoms with Crippen LogP contribution in [0.25, 0.3) is 0 Å². The van der Waals surface area contributed by atoms with Crippen LogP contribution in [0.4, 0.5) is 0 Å². The van der Waals surface area contributed by atoms with Crippen molar-refractivity contribution in [1.82, 2.24) is 4.90 Å². The van der Waals surface area contributed by atoms with Gasteiger partial charge in [-0.2, -0.15) is 0 Å². The smallest absolute Gasteiger partial charge is 0.119 e. The molecule has 1 aromatic carbocycles. The minimum atomic E-state index is -0.393. The lowest BCUT2D eigenvalue weighted by Gasteiger charge is -2.35. The molecular formula is C17H26N2O2. The number of β-amino-alcohol motifs (C(OH)–C–C–N with tert-alkyl or cyclic N) is 1. The van der Waals surface area contributed by atoms with Crippen molar-refractivity contribution in [2.24, 2.45) is 5.92 Å². The zero-order chi connectivity index (χ0) is 15.4. The second-order valence-corrected chi connectivity index (χ2v) is 6.15. The summed E-state index contributed by atoms with van der Waals surface area (Å²) in [5, 5.41) is 15.8. The number of nitrogens with one attached hydrogen (secondary N) is 1. The van der Waals surface area contributed by atoms with Gasteiger partial charge in [0.2, 0.25) is 0 Å². The standard InChI is InChI=1S/C16H23NO2.CH3N/c1-11(2)17-8-13-5-6-14(19-10-12-3-4-12)7-15(13)16(18)9-17;1-2/h5-7,11-12,16,18H,3-4,8-10H2,1-2H3;2H,1H2. The Labute approximate surface area is 127 Å². The fourth-order valence-electron chi connectivity index (χ4n) is 2.61.